The molecule has 3 unspecified atom stereocenters. The Morgan fingerprint density at radius 2 is 1.81 bits per heavy atom. The van der Waals surface area contributed by atoms with Crippen molar-refractivity contribution >= 4 is 29.9 Å². The molecule has 0 saturated carbocycles. The third kappa shape index (κ3) is 7.30. The van der Waals surface area contributed by atoms with Crippen molar-refractivity contribution in [1.29, 1.82) is 0 Å². The van der Waals surface area contributed by atoms with E-state index in [1.807, 2.05) is 7.05 Å². The standard InChI is InChI=1S/C25H39N3O3.HI/c1-26-25(27-18-21-10-7-17-30-24(21)20-8-3-2-4-9-20)28-14-12-22(13-15-28)31-19-23-11-5-6-16-29-23;/h2-4,8-9,21-24H,5-7,10-19H2,1H3,(H,26,27);1H. The molecule has 7 heteroatoms. The number of hydrogen-bond donors (Lipinski definition) is 1. The van der Waals surface area contributed by atoms with E-state index in [1.54, 1.807) is 0 Å². The lowest BCUT2D eigenvalue weighted by Gasteiger charge is -2.37. The molecule has 0 aromatic heterocycles. The van der Waals surface area contributed by atoms with Crippen LogP contribution in [0.25, 0.3) is 0 Å². The van der Waals surface area contributed by atoms with Gasteiger partial charge < -0.3 is 24.4 Å². The van der Waals surface area contributed by atoms with Crippen LogP contribution in [0.4, 0.5) is 0 Å². The van der Waals surface area contributed by atoms with Crippen LogP contribution >= 0.6 is 24.0 Å². The SMILES string of the molecule is CN=C(NCC1CCCOC1c1ccccc1)N1CCC(OCC2CCCCO2)CC1.I. The van der Waals surface area contributed by atoms with Crippen molar-refractivity contribution in [3.05, 3.63) is 35.9 Å². The van der Waals surface area contributed by atoms with Gasteiger partial charge in [0.2, 0.25) is 0 Å². The van der Waals surface area contributed by atoms with Gasteiger partial charge in [0.15, 0.2) is 5.96 Å². The zero-order chi connectivity index (χ0) is 21.3. The molecule has 3 fully saturated rings. The van der Waals surface area contributed by atoms with Gasteiger partial charge in [-0.25, -0.2) is 0 Å². The first kappa shape index (κ1) is 25.7. The van der Waals surface area contributed by atoms with Crippen LogP contribution in [0.3, 0.4) is 0 Å². The number of piperidine rings is 1. The summed E-state index contributed by atoms with van der Waals surface area (Å²) in [6, 6.07) is 10.6. The largest absolute Gasteiger partial charge is 0.376 e. The molecular formula is C25H40IN3O3. The molecule has 4 rings (SSSR count). The average molecular weight is 558 g/mol. The van der Waals surface area contributed by atoms with E-state index in [-0.39, 0.29) is 30.1 Å². The monoisotopic (exact) mass is 557 g/mol. The molecule has 3 atom stereocenters. The van der Waals surface area contributed by atoms with Gasteiger partial charge in [0.05, 0.1) is 24.9 Å². The fourth-order valence-electron chi connectivity index (χ4n) is 5.03. The molecule has 1 aromatic carbocycles. The summed E-state index contributed by atoms with van der Waals surface area (Å²) in [5, 5.41) is 3.64. The van der Waals surface area contributed by atoms with Crippen molar-refractivity contribution in [3.63, 3.8) is 0 Å². The number of aliphatic imine (C=N–C) groups is 1. The summed E-state index contributed by atoms with van der Waals surface area (Å²) in [4.78, 5) is 6.94. The molecule has 3 heterocycles. The maximum absolute atomic E-state index is 6.17. The Bertz CT molecular complexity index is 676. The lowest BCUT2D eigenvalue weighted by Crippen LogP contribution is -2.48. The van der Waals surface area contributed by atoms with Crippen LogP contribution in [0.5, 0.6) is 0 Å². The Hall–Kier alpha value is -0.900. The van der Waals surface area contributed by atoms with Crippen LogP contribution in [0, 0.1) is 5.92 Å². The highest BCUT2D eigenvalue weighted by Crippen LogP contribution is 2.33. The molecule has 0 spiro atoms. The first-order valence-electron chi connectivity index (χ1n) is 12.2. The van der Waals surface area contributed by atoms with Gasteiger partial charge in [0.1, 0.15) is 0 Å². The highest BCUT2D eigenvalue weighted by Gasteiger charge is 2.29. The minimum atomic E-state index is 0. The van der Waals surface area contributed by atoms with Crippen molar-refractivity contribution in [2.24, 2.45) is 10.9 Å². The second-order valence-electron chi connectivity index (χ2n) is 9.04. The van der Waals surface area contributed by atoms with Crippen LogP contribution in [-0.2, 0) is 14.2 Å². The Labute approximate surface area is 210 Å². The summed E-state index contributed by atoms with van der Waals surface area (Å²) in [6.45, 7) is 5.36. The van der Waals surface area contributed by atoms with Crippen LogP contribution in [0.15, 0.2) is 35.3 Å². The van der Waals surface area contributed by atoms with Crippen molar-refractivity contribution in [2.45, 2.75) is 63.3 Å². The third-order valence-electron chi connectivity index (χ3n) is 6.84. The normalized spacial score (nSPS) is 27.6. The molecule has 0 bridgehead atoms. The first-order chi connectivity index (χ1) is 15.3. The zero-order valence-electron chi connectivity index (χ0n) is 19.4. The van der Waals surface area contributed by atoms with Crippen molar-refractivity contribution in [2.75, 3.05) is 46.5 Å². The number of rotatable bonds is 6. The molecule has 180 valence electrons. The highest BCUT2D eigenvalue weighted by atomic mass is 127. The van der Waals surface area contributed by atoms with E-state index in [1.165, 1.54) is 24.8 Å². The van der Waals surface area contributed by atoms with Gasteiger partial charge in [0.25, 0.3) is 0 Å². The van der Waals surface area contributed by atoms with Crippen LogP contribution in [-0.4, -0.2) is 69.6 Å². The van der Waals surface area contributed by atoms with Gasteiger partial charge in [-0.05, 0) is 50.5 Å². The number of ether oxygens (including phenoxy) is 3. The fraction of sp³-hybridized carbons (Fsp3) is 0.720. The Morgan fingerprint density at radius 3 is 2.53 bits per heavy atom. The van der Waals surface area contributed by atoms with E-state index in [4.69, 9.17) is 14.2 Å². The summed E-state index contributed by atoms with van der Waals surface area (Å²) in [5.41, 5.74) is 1.28. The summed E-state index contributed by atoms with van der Waals surface area (Å²) in [7, 11) is 1.89. The number of likely N-dealkylation sites (tertiary alicyclic amines) is 1. The van der Waals surface area contributed by atoms with Crippen LogP contribution in [0.2, 0.25) is 0 Å². The number of hydrogen-bond acceptors (Lipinski definition) is 4. The predicted octanol–water partition coefficient (Wildman–Crippen LogP) is 4.40. The molecule has 3 aliphatic rings. The Kier molecular flexibility index (Phi) is 11.0. The lowest BCUT2D eigenvalue weighted by molar-refractivity contribution is -0.0721. The number of nitrogens with one attached hydrogen (secondary N) is 1. The van der Waals surface area contributed by atoms with E-state index in [0.29, 0.717) is 18.1 Å². The average Bonchev–Trinajstić information content (AvgIpc) is 2.85. The molecule has 3 saturated heterocycles. The Morgan fingerprint density at radius 1 is 1.03 bits per heavy atom. The van der Waals surface area contributed by atoms with Crippen LogP contribution < -0.4 is 5.32 Å². The molecule has 1 aromatic rings. The van der Waals surface area contributed by atoms with Gasteiger partial charge in [-0.3, -0.25) is 4.99 Å². The molecule has 0 amide bonds. The summed E-state index contributed by atoms with van der Waals surface area (Å²) >= 11 is 0. The van der Waals surface area contributed by atoms with Gasteiger partial charge >= 0.3 is 0 Å². The second-order valence-corrected chi connectivity index (χ2v) is 9.04. The van der Waals surface area contributed by atoms with Gasteiger partial charge in [-0.2, -0.15) is 0 Å². The second kappa shape index (κ2) is 13.7. The van der Waals surface area contributed by atoms with Gasteiger partial charge in [0, 0.05) is 45.8 Å². The lowest BCUT2D eigenvalue weighted by atomic mass is 9.89. The van der Waals surface area contributed by atoms with E-state index >= 15 is 0 Å². The molecule has 32 heavy (non-hydrogen) atoms. The summed E-state index contributed by atoms with van der Waals surface area (Å²) in [6.07, 6.45) is 8.83. The summed E-state index contributed by atoms with van der Waals surface area (Å²) < 4.78 is 18.1. The molecule has 6 nitrogen and oxygen atoms in total. The van der Waals surface area contributed by atoms with Crippen molar-refractivity contribution < 1.29 is 14.2 Å². The van der Waals surface area contributed by atoms with Crippen molar-refractivity contribution in [1.82, 2.24) is 10.2 Å². The predicted molar refractivity (Wildman–Crippen MR) is 139 cm³/mol. The Balaban J connectivity index is 0.00000289. The van der Waals surface area contributed by atoms with E-state index in [0.717, 1.165) is 71.1 Å². The van der Waals surface area contributed by atoms with E-state index < -0.39 is 0 Å². The molecule has 0 radical (unpaired) electrons. The fourth-order valence-corrected chi connectivity index (χ4v) is 5.03. The van der Waals surface area contributed by atoms with E-state index in [9.17, 15) is 0 Å². The number of benzene rings is 1. The first-order valence-corrected chi connectivity index (χ1v) is 12.2. The third-order valence-corrected chi connectivity index (χ3v) is 6.84. The minimum absolute atomic E-state index is 0. The van der Waals surface area contributed by atoms with Gasteiger partial charge in [-0.15, -0.1) is 24.0 Å². The zero-order valence-corrected chi connectivity index (χ0v) is 21.7. The number of halogens is 1. The quantitative estimate of drug-likeness (QED) is 0.320. The number of guanidine groups is 1. The highest BCUT2D eigenvalue weighted by molar-refractivity contribution is 14.0. The van der Waals surface area contributed by atoms with Gasteiger partial charge in [-0.1, -0.05) is 30.3 Å². The smallest absolute Gasteiger partial charge is 0.193 e. The minimum Gasteiger partial charge on any atom is -0.376 e. The maximum atomic E-state index is 6.17. The van der Waals surface area contributed by atoms with Crippen LogP contribution in [0.1, 0.15) is 56.6 Å². The topological polar surface area (TPSA) is 55.3 Å². The van der Waals surface area contributed by atoms with E-state index in [2.05, 4.69) is 45.5 Å². The maximum Gasteiger partial charge on any atom is 0.193 e. The molecular weight excluding hydrogens is 517 g/mol. The molecule has 1 N–H and O–H groups in total. The number of nitrogens with zero attached hydrogens (tertiary/aromatic N) is 2. The summed E-state index contributed by atoms with van der Waals surface area (Å²) in [5.74, 6) is 1.47. The van der Waals surface area contributed by atoms with Crippen molar-refractivity contribution in [3.8, 4) is 0 Å². The molecule has 3 aliphatic heterocycles. The molecule has 0 aliphatic carbocycles.